The van der Waals surface area contributed by atoms with Gasteiger partial charge in [0, 0.05) is 43.3 Å². The molecule has 2 rings (SSSR count). The Morgan fingerprint density at radius 3 is 2.71 bits per heavy atom. The second kappa shape index (κ2) is 6.95. The van der Waals surface area contributed by atoms with Crippen LogP contribution >= 0.6 is 0 Å². The largest absolute Gasteiger partial charge is 0.468 e. The van der Waals surface area contributed by atoms with Crippen molar-refractivity contribution in [1.82, 2.24) is 15.1 Å². The van der Waals surface area contributed by atoms with Gasteiger partial charge in [-0.05, 0) is 40.3 Å². The summed E-state index contributed by atoms with van der Waals surface area (Å²) in [4.78, 5) is 5.04. The van der Waals surface area contributed by atoms with Gasteiger partial charge in [-0.1, -0.05) is 6.92 Å². The molecular formula is C17H31N3O. The fourth-order valence-corrected chi connectivity index (χ4v) is 2.87. The first-order valence-electron chi connectivity index (χ1n) is 8.15. The van der Waals surface area contributed by atoms with Gasteiger partial charge in [0.1, 0.15) is 5.76 Å². The summed E-state index contributed by atoms with van der Waals surface area (Å²) in [5.74, 6) is 1.08. The number of hydrogen-bond donors (Lipinski definition) is 1. The topological polar surface area (TPSA) is 31.6 Å². The van der Waals surface area contributed by atoms with Crippen LogP contribution in [0.1, 0.15) is 45.9 Å². The van der Waals surface area contributed by atoms with Crippen LogP contribution in [0.5, 0.6) is 0 Å². The average molecular weight is 293 g/mol. The van der Waals surface area contributed by atoms with E-state index >= 15 is 0 Å². The molecule has 0 saturated carbocycles. The molecule has 1 aliphatic rings. The van der Waals surface area contributed by atoms with E-state index in [0.717, 1.165) is 45.0 Å². The zero-order valence-electron chi connectivity index (χ0n) is 14.3. The lowest BCUT2D eigenvalue weighted by molar-refractivity contribution is 0.0790. The standard InChI is InChI=1S/C17H31N3O/c1-6-20-8-7-19(11-14(20)2)12-16-9-15(13-21-16)10-18-17(3,4)5/h9,13-14,18H,6-8,10-12H2,1-5H3. The van der Waals surface area contributed by atoms with E-state index in [9.17, 15) is 0 Å². The Labute approximate surface area is 129 Å². The van der Waals surface area contributed by atoms with Crippen LogP contribution in [0.2, 0.25) is 0 Å². The van der Waals surface area contributed by atoms with Crippen molar-refractivity contribution < 1.29 is 4.42 Å². The summed E-state index contributed by atoms with van der Waals surface area (Å²) in [5, 5.41) is 3.50. The predicted molar refractivity (Wildman–Crippen MR) is 87.3 cm³/mol. The molecular weight excluding hydrogens is 262 g/mol. The van der Waals surface area contributed by atoms with Crippen molar-refractivity contribution in [3.8, 4) is 0 Å². The van der Waals surface area contributed by atoms with E-state index in [-0.39, 0.29) is 5.54 Å². The normalized spacial score (nSPS) is 21.9. The minimum atomic E-state index is 0.142. The number of rotatable bonds is 5. The van der Waals surface area contributed by atoms with Crippen LogP contribution in [-0.2, 0) is 13.1 Å². The molecule has 21 heavy (non-hydrogen) atoms. The molecule has 1 aromatic rings. The molecule has 4 heteroatoms. The molecule has 2 heterocycles. The first-order valence-corrected chi connectivity index (χ1v) is 8.15. The zero-order chi connectivity index (χ0) is 15.5. The average Bonchev–Trinajstić information content (AvgIpc) is 2.83. The molecule has 1 fully saturated rings. The van der Waals surface area contributed by atoms with Crippen molar-refractivity contribution >= 4 is 0 Å². The molecule has 1 saturated heterocycles. The van der Waals surface area contributed by atoms with Crippen LogP contribution in [0.25, 0.3) is 0 Å². The van der Waals surface area contributed by atoms with E-state index in [2.05, 4.69) is 55.8 Å². The first-order chi connectivity index (χ1) is 9.87. The fraction of sp³-hybridized carbons (Fsp3) is 0.765. The number of nitrogens with zero attached hydrogens (tertiary/aromatic N) is 2. The van der Waals surface area contributed by atoms with Gasteiger partial charge in [-0.25, -0.2) is 0 Å². The van der Waals surface area contributed by atoms with Gasteiger partial charge in [-0.3, -0.25) is 9.80 Å². The summed E-state index contributed by atoms with van der Waals surface area (Å²) < 4.78 is 5.73. The van der Waals surface area contributed by atoms with Gasteiger partial charge in [0.2, 0.25) is 0 Å². The summed E-state index contributed by atoms with van der Waals surface area (Å²) >= 11 is 0. The Morgan fingerprint density at radius 2 is 2.10 bits per heavy atom. The van der Waals surface area contributed by atoms with Crippen molar-refractivity contribution in [2.45, 2.75) is 59.3 Å². The Kier molecular flexibility index (Phi) is 5.47. The Balaban J connectivity index is 1.83. The molecule has 1 unspecified atom stereocenters. The number of likely N-dealkylation sites (N-methyl/N-ethyl adjacent to an activating group) is 1. The van der Waals surface area contributed by atoms with E-state index < -0.39 is 0 Å². The van der Waals surface area contributed by atoms with Gasteiger partial charge in [0.15, 0.2) is 0 Å². The molecule has 0 bridgehead atoms. The predicted octanol–water partition coefficient (Wildman–Crippen LogP) is 2.69. The van der Waals surface area contributed by atoms with Crippen molar-refractivity contribution in [2.75, 3.05) is 26.2 Å². The third-order valence-corrected chi connectivity index (χ3v) is 4.17. The Morgan fingerprint density at radius 1 is 1.33 bits per heavy atom. The molecule has 1 N–H and O–H groups in total. The maximum atomic E-state index is 5.73. The summed E-state index contributed by atoms with van der Waals surface area (Å²) in [5.41, 5.74) is 1.38. The van der Waals surface area contributed by atoms with Gasteiger partial charge >= 0.3 is 0 Å². The maximum absolute atomic E-state index is 5.73. The minimum absolute atomic E-state index is 0.142. The highest BCUT2D eigenvalue weighted by Crippen LogP contribution is 2.15. The summed E-state index contributed by atoms with van der Waals surface area (Å²) in [6.07, 6.45) is 1.89. The van der Waals surface area contributed by atoms with Gasteiger partial charge in [-0.2, -0.15) is 0 Å². The molecule has 0 aromatic carbocycles. The van der Waals surface area contributed by atoms with Crippen molar-refractivity contribution in [1.29, 1.82) is 0 Å². The highest BCUT2D eigenvalue weighted by atomic mass is 16.3. The van der Waals surface area contributed by atoms with E-state index in [1.165, 1.54) is 5.56 Å². The molecule has 120 valence electrons. The fourth-order valence-electron chi connectivity index (χ4n) is 2.87. The molecule has 0 radical (unpaired) electrons. The van der Waals surface area contributed by atoms with Gasteiger partial charge < -0.3 is 9.73 Å². The molecule has 4 nitrogen and oxygen atoms in total. The Hall–Kier alpha value is -0.840. The third kappa shape index (κ3) is 5.13. The third-order valence-electron chi connectivity index (χ3n) is 4.17. The first kappa shape index (κ1) is 16.5. The van der Waals surface area contributed by atoms with Crippen LogP contribution in [-0.4, -0.2) is 47.6 Å². The Bertz CT molecular complexity index is 435. The quantitative estimate of drug-likeness (QED) is 0.904. The van der Waals surface area contributed by atoms with Crippen LogP contribution in [0.4, 0.5) is 0 Å². The van der Waals surface area contributed by atoms with Crippen molar-refractivity contribution in [3.05, 3.63) is 23.7 Å². The minimum Gasteiger partial charge on any atom is -0.468 e. The highest BCUT2D eigenvalue weighted by Gasteiger charge is 2.23. The van der Waals surface area contributed by atoms with Gasteiger partial charge in [-0.15, -0.1) is 0 Å². The van der Waals surface area contributed by atoms with E-state index in [4.69, 9.17) is 4.42 Å². The maximum Gasteiger partial charge on any atom is 0.118 e. The molecule has 0 aliphatic carbocycles. The van der Waals surface area contributed by atoms with Crippen LogP contribution in [0.3, 0.4) is 0 Å². The molecule has 1 aliphatic heterocycles. The highest BCUT2D eigenvalue weighted by molar-refractivity contribution is 5.13. The second-order valence-electron chi connectivity index (χ2n) is 7.24. The van der Waals surface area contributed by atoms with Gasteiger partial charge in [0.05, 0.1) is 12.8 Å². The molecule has 1 aromatic heterocycles. The van der Waals surface area contributed by atoms with Crippen LogP contribution in [0.15, 0.2) is 16.7 Å². The summed E-state index contributed by atoms with van der Waals surface area (Å²) in [6, 6.07) is 2.83. The lowest BCUT2D eigenvalue weighted by Gasteiger charge is -2.38. The second-order valence-corrected chi connectivity index (χ2v) is 7.24. The van der Waals surface area contributed by atoms with Gasteiger partial charge in [0.25, 0.3) is 0 Å². The molecule has 1 atom stereocenters. The smallest absolute Gasteiger partial charge is 0.118 e. The zero-order valence-corrected chi connectivity index (χ0v) is 14.3. The monoisotopic (exact) mass is 293 g/mol. The lowest BCUT2D eigenvalue weighted by Crippen LogP contribution is -2.51. The summed E-state index contributed by atoms with van der Waals surface area (Å²) in [6.45, 7) is 17.5. The number of hydrogen-bond acceptors (Lipinski definition) is 4. The van der Waals surface area contributed by atoms with E-state index in [1.54, 1.807) is 0 Å². The van der Waals surface area contributed by atoms with E-state index in [0.29, 0.717) is 6.04 Å². The van der Waals surface area contributed by atoms with Crippen LogP contribution < -0.4 is 5.32 Å². The van der Waals surface area contributed by atoms with Crippen LogP contribution in [0, 0.1) is 0 Å². The number of furan rings is 1. The van der Waals surface area contributed by atoms with Crippen molar-refractivity contribution in [3.63, 3.8) is 0 Å². The number of piperazine rings is 1. The lowest BCUT2D eigenvalue weighted by atomic mass is 10.1. The SMILES string of the molecule is CCN1CCN(Cc2cc(CNC(C)(C)C)co2)CC1C. The molecule has 0 amide bonds. The molecule has 0 spiro atoms. The van der Waals surface area contributed by atoms with Crippen molar-refractivity contribution in [2.24, 2.45) is 0 Å². The summed E-state index contributed by atoms with van der Waals surface area (Å²) in [7, 11) is 0. The van der Waals surface area contributed by atoms with E-state index in [1.807, 2.05) is 6.26 Å². The number of nitrogens with one attached hydrogen (secondary N) is 1.